The van der Waals surface area contributed by atoms with Crippen LogP contribution in [0.5, 0.6) is 5.88 Å². The Hall–Kier alpha value is -1.68. The average Bonchev–Trinajstić information content (AvgIpc) is 2.47. The fourth-order valence-corrected chi connectivity index (χ4v) is 2.51. The molecule has 0 fully saturated rings. The highest BCUT2D eigenvalue weighted by molar-refractivity contribution is 7.99. The molecule has 0 bridgehead atoms. The molecule has 0 atom stereocenters. The molecule has 19 heavy (non-hydrogen) atoms. The average molecular weight is 274 g/mol. The normalized spacial score (nSPS) is 10.2. The van der Waals surface area contributed by atoms with Crippen molar-refractivity contribution < 1.29 is 4.74 Å². The van der Waals surface area contributed by atoms with Crippen LogP contribution in [0.4, 0.5) is 5.69 Å². The Morgan fingerprint density at radius 2 is 2.05 bits per heavy atom. The Morgan fingerprint density at radius 1 is 1.21 bits per heavy atom. The number of methoxy groups -OCH3 is 1. The summed E-state index contributed by atoms with van der Waals surface area (Å²) in [6.07, 6.45) is 1.83. The predicted octanol–water partition coefficient (Wildman–Crippen LogP) is 3.81. The van der Waals surface area contributed by atoms with Crippen LogP contribution in [0.1, 0.15) is 12.5 Å². The number of nitrogens with one attached hydrogen (secondary N) is 1. The fraction of sp³-hybridized carbons (Fsp3) is 0.267. The molecular formula is C15H18N2OS. The molecule has 1 heterocycles. The maximum Gasteiger partial charge on any atom is 0.212 e. The maximum atomic E-state index is 5.05. The maximum absolute atomic E-state index is 5.05. The number of nitrogens with zero attached hydrogens (tertiary/aromatic N) is 1. The summed E-state index contributed by atoms with van der Waals surface area (Å²) < 4.78 is 5.05. The van der Waals surface area contributed by atoms with E-state index in [1.165, 1.54) is 10.6 Å². The minimum Gasteiger partial charge on any atom is -0.481 e. The second kappa shape index (κ2) is 7.04. The zero-order valence-electron chi connectivity index (χ0n) is 11.2. The van der Waals surface area contributed by atoms with Crippen LogP contribution in [0.25, 0.3) is 0 Å². The van der Waals surface area contributed by atoms with Crippen molar-refractivity contribution in [1.82, 2.24) is 4.98 Å². The first-order valence-corrected chi connectivity index (χ1v) is 7.26. The molecule has 0 radical (unpaired) electrons. The van der Waals surface area contributed by atoms with Gasteiger partial charge in [0, 0.05) is 29.4 Å². The van der Waals surface area contributed by atoms with Crippen LogP contribution in [0.3, 0.4) is 0 Å². The number of hydrogen-bond acceptors (Lipinski definition) is 4. The van der Waals surface area contributed by atoms with Crippen molar-refractivity contribution in [2.45, 2.75) is 18.4 Å². The molecule has 0 amide bonds. The van der Waals surface area contributed by atoms with Crippen molar-refractivity contribution in [3.8, 4) is 5.88 Å². The first-order chi connectivity index (χ1) is 9.33. The molecule has 0 spiro atoms. The van der Waals surface area contributed by atoms with Crippen molar-refractivity contribution in [3.63, 3.8) is 0 Å². The van der Waals surface area contributed by atoms with Gasteiger partial charge in [-0.05, 0) is 23.4 Å². The molecule has 0 unspecified atom stereocenters. The van der Waals surface area contributed by atoms with Crippen molar-refractivity contribution in [2.24, 2.45) is 0 Å². The Labute approximate surface area is 118 Å². The topological polar surface area (TPSA) is 34.1 Å². The number of hydrogen-bond donors (Lipinski definition) is 1. The second-order valence-electron chi connectivity index (χ2n) is 3.99. The summed E-state index contributed by atoms with van der Waals surface area (Å²) in [5, 5.41) is 3.45. The summed E-state index contributed by atoms with van der Waals surface area (Å²) in [5.74, 6) is 1.72. The van der Waals surface area contributed by atoms with Gasteiger partial charge < -0.3 is 10.1 Å². The molecule has 3 nitrogen and oxygen atoms in total. The van der Waals surface area contributed by atoms with Gasteiger partial charge in [-0.2, -0.15) is 0 Å². The number of rotatable bonds is 6. The Balaban J connectivity index is 2.01. The number of aromatic nitrogens is 1. The lowest BCUT2D eigenvalue weighted by molar-refractivity contribution is 0.397. The van der Waals surface area contributed by atoms with E-state index < -0.39 is 0 Å². The van der Waals surface area contributed by atoms with Crippen LogP contribution < -0.4 is 10.1 Å². The van der Waals surface area contributed by atoms with Gasteiger partial charge in [0.1, 0.15) is 0 Å². The van der Waals surface area contributed by atoms with E-state index in [0.29, 0.717) is 5.88 Å². The van der Waals surface area contributed by atoms with E-state index in [1.54, 1.807) is 7.11 Å². The Morgan fingerprint density at radius 3 is 2.74 bits per heavy atom. The lowest BCUT2D eigenvalue weighted by Gasteiger charge is -2.11. The number of para-hydroxylation sites is 1. The Kier molecular flexibility index (Phi) is 5.10. The molecule has 0 aliphatic carbocycles. The summed E-state index contributed by atoms with van der Waals surface area (Å²) in [6, 6.07) is 12.3. The van der Waals surface area contributed by atoms with E-state index >= 15 is 0 Å². The lowest BCUT2D eigenvalue weighted by atomic mass is 10.2. The monoisotopic (exact) mass is 274 g/mol. The minimum atomic E-state index is 0.644. The van der Waals surface area contributed by atoms with Crippen LogP contribution in [0.2, 0.25) is 0 Å². The molecule has 1 aromatic heterocycles. The van der Waals surface area contributed by atoms with Gasteiger partial charge in [-0.25, -0.2) is 4.98 Å². The molecule has 1 N–H and O–H groups in total. The highest BCUT2D eigenvalue weighted by atomic mass is 32.2. The molecule has 0 saturated carbocycles. The summed E-state index contributed by atoms with van der Waals surface area (Å²) in [5.41, 5.74) is 2.31. The third kappa shape index (κ3) is 3.89. The van der Waals surface area contributed by atoms with Gasteiger partial charge in [0.15, 0.2) is 0 Å². The third-order valence-corrected chi connectivity index (χ3v) is 3.63. The molecule has 4 heteroatoms. The highest BCUT2D eigenvalue weighted by Crippen LogP contribution is 2.26. The molecular weight excluding hydrogens is 256 g/mol. The van der Waals surface area contributed by atoms with Crippen LogP contribution in [-0.2, 0) is 6.54 Å². The largest absolute Gasteiger partial charge is 0.481 e. The van der Waals surface area contributed by atoms with Gasteiger partial charge >= 0.3 is 0 Å². The van der Waals surface area contributed by atoms with Crippen LogP contribution in [0.15, 0.2) is 47.5 Å². The van der Waals surface area contributed by atoms with Gasteiger partial charge in [0.25, 0.3) is 0 Å². The van der Waals surface area contributed by atoms with Crippen molar-refractivity contribution in [3.05, 3.63) is 48.2 Å². The molecule has 0 aliphatic rings. The van der Waals surface area contributed by atoms with Crippen LogP contribution in [0, 0.1) is 0 Å². The molecule has 100 valence electrons. The summed E-state index contributed by atoms with van der Waals surface area (Å²) in [4.78, 5) is 5.48. The number of pyridine rings is 1. The molecule has 0 saturated heterocycles. The number of thioether (sulfide) groups is 1. The third-order valence-electron chi connectivity index (χ3n) is 2.68. The van der Waals surface area contributed by atoms with Gasteiger partial charge in [0.05, 0.1) is 7.11 Å². The predicted molar refractivity (Wildman–Crippen MR) is 81.0 cm³/mol. The van der Waals surface area contributed by atoms with E-state index in [9.17, 15) is 0 Å². The van der Waals surface area contributed by atoms with Gasteiger partial charge in [-0.3, -0.25) is 0 Å². The van der Waals surface area contributed by atoms with Crippen molar-refractivity contribution in [2.75, 3.05) is 18.2 Å². The van der Waals surface area contributed by atoms with Crippen LogP contribution in [-0.4, -0.2) is 17.8 Å². The number of ether oxygens (including phenoxy) is 1. The number of anilines is 1. The smallest absolute Gasteiger partial charge is 0.212 e. The first kappa shape index (κ1) is 13.7. The summed E-state index contributed by atoms with van der Waals surface area (Å²) >= 11 is 1.84. The summed E-state index contributed by atoms with van der Waals surface area (Å²) in [7, 11) is 1.62. The van der Waals surface area contributed by atoms with Crippen LogP contribution >= 0.6 is 11.8 Å². The number of benzene rings is 1. The van der Waals surface area contributed by atoms with Crippen molar-refractivity contribution >= 4 is 17.4 Å². The van der Waals surface area contributed by atoms with E-state index in [0.717, 1.165) is 17.9 Å². The van der Waals surface area contributed by atoms with E-state index in [4.69, 9.17) is 4.74 Å². The van der Waals surface area contributed by atoms with Crippen molar-refractivity contribution in [1.29, 1.82) is 0 Å². The fourth-order valence-electron chi connectivity index (χ4n) is 1.73. The van der Waals surface area contributed by atoms with E-state index in [-0.39, 0.29) is 0 Å². The SMILES string of the molecule is CCSc1ccccc1NCc1ccc(OC)nc1. The second-order valence-corrected chi connectivity index (χ2v) is 5.30. The van der Waals surface area contributed by atoms with Gasteiger partial charge in [0.2, 0.25) is 5.88 Å². The minimum absolute atomic E-state index is 0.644. The van der Waals surface area contributed by atoms with Gasteiger partial charge in [-0.15, -0.1) is 11.8 Å². The highest BCUT2D eigenvalue weighted by Gasteiger charge is 2.01. The molecule has 2 aromatic rings. The standard InChI is InChI=1S/C15H18N2OS/c1-3-19-14-7-5-4-6-13(14)16-10-12-8-9-15(18-2)17-11-12/h4-9,11,16H,3,10H2,1-2H3. The molecule has 0 aliphatic heterocycles. The van der Waals surface area contributed by atoms with E-state index in [1.807, 2.05) is 36.2 Å². The first-order valence-electron chi connectivity index (χ1n) is 6.28. The summed E-state index contributed by atoms with van der Waals surface area (Å²) in [6.45, 7) is 2.92. The van der Waals surface area contributed by atoms with Gasteiger partial charge in [-0.1, -0.05) is 25.1 Å². The molecule has 2 rings (SSSR count). The van der Waals surface area contributed by atoms with E-state index in [2.05, 4.69) is 35.4 Å². The quantitative estimate of drug-likeness (QED) is 0.812. The zero-order valence-corrected chi connectivity index (χ0v) is 12.0. The molecule has 1 aromatic carbocycles. The lowest BCUT2D eigenvalue weighted by Crippen LogP contribution is -2.01. The Bertz CT molecular complexity index is 514. The zero-order chi connectivity index (χ0) is 13.5.